The maximum atomic E-state index is 12.4. The molecular weight excluding hydrogens is 332 g/mol. The number of aromatic hydroxyl groups is 1. The van der Waals surface area contributed by atoms with Crippen molar-refractivity contribution in [3.63, 3.8) is 0 Å². The monoisotopic (exact) mass is 344 g/mol. The molecule has 122 valence electrons. The number of thiophene rings is 1. The van der Waals surface area contributed by atoms with Crippen molar-refractivity contribution >= 4 is 28.9 Å². The number of rotatable bonds is 5. The molecule has 2 rings (SSSR count). The summed E-state index contributed by atoms with van der Waals surface area (Å²) in [7, 11) is 1.25. The van der Waals surface area contributed by atoms with Crippen LogP contribution in [-0.2, 0) is 0 Å². The first-order chi connectivity index (χ1) is 11.4. The van der Waals surface area contributed by atoms with Crippen molar-refractivity contribution in [3.8, 4) is 17.6 Å². The standard InChI is InChI=1S/C16H12N2O5S/c1-9-3-4-24-16(9)14(19)11(8-17)5-10-6-12(18(21)22)15(20)13(7-10)23-2/h3-7,20H,1-2H3. The third-order valence-corrected chi connectivity index (χ3v) is 4.25. The quantitative estimate of drug-likeness (QED) is 0.292. The Labute approximate surface area is 141 Å². The Morgan fingerprint density at radius 3 is 2.71 bits per heavy atom. The Morgan fingerprint density at radius 2 is 2.21 bits per heavy atom. The average molecular weight is 344 g/mol. The molecule has 0 aliphatic rings. The van der Waals surface area contributed by atoms with Gasteiger partial charge in [0.1, 0.15) is 11.6 Å². The second-order valence-corrected chi connectivity index (χ2v) is 5.70. The summed E-state index contributed by atoms with van der Waals surface area (Å²) in [6.45, 7) is 1.76. The molecule has 8 heteroatoms. The molecule has 1 aromatic heterocycles. The fourth-order valence-corrected chi connectivity index (χ4v) is 2.91. The summed E-state index contributed by atoms with van der Waals surface area (Å²) in [6, 6.07) is 5.96. The van der Waals surface area contributed by atoms with Crippen LogP contribution in [0.2, 0.25) is 0 Å². The van der Waals surface area contributed by atoms with Gasteiger partial charge in [0.15, 0.2) is 5.75 Å². The maximum absolute atomic E-state index is 12.4. The highest BCUT2D eigenvalue weighted by atomic mass is 32.1. The van der Waals surface area contributed by atoms with Gasteiger partial charge in [-0.2, -0.15) is 5.26 Å². The first-order valence-electron chi connectivity index (χ1n) is 6.65. The van der Waals surface area contributed by atoms with Gasteiger partial charge in [0.25, 0.3) is 0 Å². The van der Waals surface area contributed by atoms with Crippen LogP contribution in [0.3, 0.4) is 0 Å². The van der Waals surface area contributed by atoms with Crippen LogP contribution in [-0.4, -0.2) is 22.9 Å². The van der Waals surface area contributed by atoms with Crippen molar-refractivity contribution in [3.05, 3.63) is 55.3 Å². The summed E-state index contributed by atoms with van der Waals surface area (Å²) in [5.41, 5.74) is 0.219. The molecule has 7 nitrogen and oxygen atoms in total. The van der Waals surface area contributed by atoms with Crippen LogP contribution in [0.4, 0.5) is 5.69 Å². The molecule has 0 radical (unpaired) electrons. The van der Waals surface area contributed by atoms with E-state index in [-0.39, 0.29) is 16.9 Å². The van der Waals surface area contributed by atoms with E-state index in [2.05, 4.69) is 0 Å². The highest BCUT2D eigenvalue weighted by molar-refractivity contribution is 7.12. The largest absolute Gasteiger partial charge is 0.500 e. The molecule has 0 spiro atoms. The predicted molar refractivity (Wildman–Crippen MR) is 88.3 cm³/mol. The van der Waals surface area contributed by atoms with E-state index in [1.807, 2.05) is 6.07 Å². The number of nitriles is 1. The molecule has 1 aromatic carbocycles. The zero-order chi connectivity index (χ0) is 17.9. The van der Waals surface area contributed by atoms with Crippen LogP contribution >= 0.6 is 11.3 Å². The van der Waals surface area contributed by atoms with E-state index in [0.717, 1.165) is 11.6 Å². The smallest absolute Gasteiger partial charge is 0.315 e. The van der Waals surface area contributed by atoms with E-state index >= 15 is 0 Å². The van der Waals surface area contributed by atoms with E-state index in [4.69, 9.17) is 4.74 Å². The van der Waals surface area contributed by atoms with E-state index in [1.54, 1.807) is 18.4 Å². The van der Waals surface area contributed by atoms with Crippen molar-refractivity contribution in [1.29, 1.82) is 5.26 Å². The van der Waals surface area contributed by atoms with Gasteiger partial charge >= 0.3 is 5.69 Å². The van der Waals surface area contributed by atoms with Crippen LogP contribution in [0.15, 0.2) is 29.2 Å². The lowest BCUT2D eigenvalue weighted by molar-refractivity contribution is -0.386. The van der Waals surface area contributed by atoms with Crippen molar-refractivity contribution < 1.29 is 19.6 Å². The minimum Gasteiger partial charge on any atom is -0.500 e. The van der Waals surface area contributed by atoms with Crippen LogP contribution < -0.4 is 4.74 Å². The SMILES string of the molecule is COc1cc(C=C(C#N)C(=O)c2sccc2C)cc([N+](=O)[O-])c1O. The van der Waals surface area contributed by atoms with Gasteiger partial charge in [-0.15, -0.1) is 11.3 Å². The van der Waals surface area contributed by atoms with E-state index in [0.29, 0.717) is 4.88 Å². The average Bonchev–Trinajstić information content (AvgIpc) is 2.98. The molecule has 0 atom stereocenters. The number of methoxy groups -OCH3 is 1. The van der Waals surface area contributed by atoms with Gasteiger partial charge in [0.2, 0.25) is 11.5 Å². The Hall–Kier alpha value is -3.18. The third-order valence-electron chi connectivity index (χ3n) is 3.24. The summed E-state index contributed by atoms with van der Waals surface area (Å²) in [5.74, 6) is -1.19. The Kier molecular flexibility index (Phi) is 4.96. The molecule has 2 aromatic rings. The van der Waals surface area contributed by atoms with Crippen molar-refractivity contribution in [1.82, 2.24) is 0 Å². The first kappa shape index (κ1) is 17.2. The number of nitro benzene ring substituents is 1. The number of hydrogen-bond acceptors (Lipinski definition) is 7. The molecular formula is C16H12N2O5S. The molecule has 0 saturated carbocycles. The van der Waals surface area contributed by atoms with Crippen molar-refractivity contribution in [2.75, 3.05) is 7.11 Å². The second-order valence-electron chi connectivity index (χ2n) is 4.78. The molecule has 0 aliphatic heterocycles. The number of carbonyl (C=O) groups excluding carboxylic acids is 1. The summed E-state index contributed by atoms with van der Waals surface area (Å²) >= 11 is 1.22. The molecule has 1 heterocycles. The molecule has 0 unspecified atom stereocenters. The number of nitrogens with zero attached hydrogens (tertiary/aromatic N) is 2. The van der Waals surface area contributed by atoms with Gasteiger partial charge in [-0.1, -0.05) is 0 Å². The molecule has 0 aliphatic carbocycles. The number of benzene rings is 1. The highest BCUT2D eigenvalue weighted by Crippen LogP contribution is 2.37. The molecule has 0 saturated heterocycles. The number of ketones is 1. The molecule has 1 N–H and O–H groups in total. The fourth-order valence-electron chi connectivity index (χ4n) is 2.03. The minimum atomic E-state index is -0.771. The Morgan fingerprint density at radius 1 is 1.50 bits per heavy atom. The van der Waals surface area contributed by atoms with Gasteiger partial charge in [-0.25, -0.2) is 0 Å². The van der Waals surface area contributed by atoms with Gasteiger partial charge in [-0.05, 0) is 41.6 Å². The molecule has 0 fully saturated rings. The van der Waals surface area contributed by atoms with E-state index in [9.17, 15) is 25.3 Å². The maximum Gasteiger partial charge on any atom is 0.315 e. The van der Waals surface area contributed by atoms with Crippen molar-refractivity contribution in [2.24, 2.45) is 0 Å². The third kappa shape index (κ3) is 3.26. The zero-order valence-electron chi connectivity index (χ0n) is 12.8. The van der Waals surface area contributed by atoms with Gasteiger partial charge in [-0.3, -0.25) is 14.9 Å². The second kappa shape index (κ2) is 6.93. The lowest BCUT2D eigenvalue weighted by Crippen LogP contribution is -2.01. The lowest BCUT2D eigenvalue weighted by atomic mass is 10.0. The van der Waals surface area contributed by atoms with Crippen LogP contribution in [0.1, 0.15) is 20.8 Å². The van der Waals surface area contributed by atoms with Gasteiger partial charge in [0.05, 0.1) is 16.9 Å². The lowest BCUT2D eigenvalue weighted by Gasteiger charge is -2.06. The van der Waals surface area contributed by atoms with Crippen LogP contribution in [0.5, 0.6) is 11.5 Å². The number of phenolic OH excluding ortho intramolecular Hbond substituents is 1. The number of aryl methyl sites for hydroxylation is 1. The summed E-state index contributed by atoms with van der Waals surface area (Å²) < 4.78 is 4.89. The normalized spacial score (nSPS) is 11.0. The highest BCUT2D eigenvalue weighted by Gasteiger charge is 2.21. The number of hydrogen-bond donors (Lipinski definition) is 1. The van der Waals surface area contributed by atoms with Crippen LogP contribution in [0.25, 0.3) is 6.08 Å². The van der Waals surface area contributed by atoms with E-state index in [1.165, 1.54) is 30.6 Å². The van der Waals surface area contributed by atoms with Gasteiger partial charge < -0.3 is 9.84 Å². The number of ether oxygens (including phenoxy) is 1. The number of phenols is 1. The minimum absolute atomic E-state index is 0.118. The van der Waals surface area contributed by atoms with E-state index < -0.39 is 22.1 Å². The Balaban J connectivity index is 2.54. The molecule has 0 amide bonds. The predicted octanol–water partition coefficient (Wildman–Crippen LogP) is 3.47. The zero-order valence-corrected chi connectivity index (χ0v) is 13.6. The van der Waals surface area contributed by atoms with Crippen LogP contribution in [0, 0.1) is 28.4 Å². The fraction of sp³-hybridized carbons (Fsp3) is 0.125. The van der Waals surface area contributed by atoms with Gasteiger partial charge in [0, 0.05) is 6.07 Å². The summed E-state index contributed by atoms with van der Waals surface area (Å²) in [6.07, 6.45) is 1.23. The number of nitro groups is 1. The number of carbonyl (C=O) groups is 1. The summed E-state index contributed by atoms with van der Waals surface area (Å²) in [4.78, 5) is 23.1. The Bertz CT molecular complexity index is 892. The van der Waals surface area contributed by atoms with Crippen molar-refractivity contribution in [2.45, 2.75) is 6.92 Å². The topological polar surface area (TPSA) is 113 Å². The number of Topliss-reactive ketones (excluding diaryl/α,β-unsaturated/α-hetero) is 1. The summed E-state index contributed by atoms with van der Waals surface area (Å²) in [5, 5.41) is 31.8. The number of allylic oxidation sites excluding steroid dienone is 1. The molecule has 24 heavy (non-hydrogen) atoms. The first-order valence-corrected chi connectivity index (χ1v) is 7.53. The molecule has 0 bridgehead atoms.